The number of aromatic nitrogens is 2. The van der Waals surface area contributed by atoms with Crippen LogP contribution in [0, 0.1) is 0 Å². The van der Waals surface area contributed by atoms with Crippen molar-refractivity contribution in [3.8, 4) is 0 Å². The number of hydrogen-bond donors (Lipinski definition) is 2. The van der Waals surface area contributed by atoms with Crippen LogP contribution in [0.2, 0.25) is 0 Å². The minimum Gasteiger partial charge on any atom is -0.376 e. The molecule has 8 heteroatoms. The molecule has 1 saturated carbocycles. The Morgan fingerprint density at radius 1 is 1.03 bits per heavy atom. The van der Waals surface area contributed by atoms with E-state index in [0.29, 0.717) is 6.10 Å². The molecular weight excluding hydrogens is 378 g/mol. The Morgan fingerprint density at radius 3 is 2.43 bits per heavy atom. The highest BCUT2D eigenvalue weighted by atomic mass is 16.5. The maximum atomic E-state index is 6.04. The summed E-state index contributed by atoms with van der Waals surface area (Å²) in [6.07, 6.45) is 13.0. The van der Waals surface area contributed by atoms with Crippen LogP contribution >= 0.6 is 0 Å². The van der Waals surface area contributed by atoms with Crippen LogP contribution in [0.15, 0.2) is 23.5 Å². The molecule has 0 atom stereocenters. The number of aliphatic imine (C=N–C) groups is 1. The number of hydrogen-bond acceptors (Lipinski definition) is 6. The van der Waals surface area contributed by atoms with Gasteiger partial charge in [0.2, 0.25) is 5.95 Å². The first-order chi connectivity index (χ1) is 14.8. The van der Waals surface area contributed by atoms with Crippen LogP contribution in [-0.4, -0.2) is 86.4 Å². The van der Waals surface area contributed by atoms with E-state index < -0.39 is 0 Å². The zero-order chi connectivity index (χ0) is 20.9. The zero-order valence-electron chi connectivity index (χ0n) is 18.6. The predicted molar refractivity (Wildman–Crippen MR) is 122 cm³/mol. The quantitative estimate of drug-likeness (QED) is 0.275. The number of nitrogens with one attached hydrogen (secondary N) is 2. The molecule has 0 amide bonds. The minimum atomic E-state index is 0.457. The lowest BCUT2D eigenvalue weighted by atomic mass is 10.1. The summed E-state index contributed by atoms with van der Waals surface area (Å²) in [4.78, 5) is 17.8. The number of piperazine rings is 1. The highest BCUT2D eigenvalue weighted by Crippen LogP contribution is 2.19. The SMILES string of the molecule is CN=C(NCCCN1CCN(c2ncccn2)CC1)NCCOC1CCCCCC1. The maximum absolute atomic E-state index is 6.04. The van der Waals surface area contributed by atoms with Gasteiger partial charge in [0.25, 0.3) is 0 Å². The van der Waals surface area contributed by atoms with Gasteiger partial charge >= 0.3 is 0 Å². The molecule has 2 fully saturated rings. The molecule has 0 aromatic carbocycles. The largest absolute Gasteiger partial charge is 0.376 e. The monoisotopic (exact) mass is 417 g/mol. The molecule has 0 radical (unpaired) electrons. The standard InChI is InChI=1S/C22H39N7O/c1-23-21(25-13-19-30-20-8-4-2-3-5-9-20)24-12-7-14-28-15-17-29(18-16-28)22-26-10-6-11-27-22/h6,10-11,20H,2-5,7-9,12-19H2,1H3,(H2,23,24,25). The Bertz CT molecular complexity index is 597. The third-order valence-corrected chi connectivity index (χ3v) is 5.92. The summed E-state index contributed by atoms with van der Waals surface area (Å²) in [5.74, 6) is 1.71. The van der Waals surface area contributed by atoms with Crippen LogP contribution in [-0.2, 0) is 4.74 Å². The number of rotatable bonds is 9. The van der Waals surface area contributed by atoms with Crippen LogP contribution in [0.3, 0.4) is 0 Å². The summed E-state index contributed by atoms with van der Waals surface area (Å²) in [6.45, 7) is 7.67. The highest BCUT2D eigenvalue weighted by molar-refractivity contribution is 5.79. The van der Waals surface area contributed by atoms with Gasteiger partial charge in [-0.05, 0) is 31.9 Å². The third kappa shape index (κ3) is 8.07. The van der Waals surface area contributed by atoms with Crippen molar-refractivity contribution in [2.45, 2.75) is 51.0 Å². The minimum absolute atomic E-state index is 0.457. The molecule has 1 saturated heterocycles. The smallest absolute Gasteiger partial charge is 0.225 e. The second-order valence-corrected chi connectivity index (χ2v) is 8.14. The number of anilines is 1. The van der Waals surface area contributed by atoms with Gasteiger partial charge in [0, 0.05) is 58.7 Å². The van der Waals surface area contributed by atoms with E-state index in [9.17, 15) is 0 Å². The fourth-order valence-corrected chi connectivity index (χ4v) is 4.16. The van der Waals surface area contributed by atoms with Crippen LogP contribution in [0.1, 0.15) is 44.9 Å². The topological polar surface area (TPSA) is 77.9 Å². The van der Waals surface area contributed by atoms with Crippen molar-refractivity contribution in [2.24, 2.45) is 4.99 Å². The highest BCUT2D eigenvalue weighted by Gasteiger charge is 2.18. The molecule has 0 bridgehead atoms. The summed E-state index contributed by atoms with van der Waals surface area (Å²) >= 11 is 0. The van der Waals surface area contributed by atoms with E-state index in [2.05, 4.69) is 35.4 Å². The maximum Gasteiger partial charge on any atom is 0.225 e. The number of ether oxygens (including phenoxy) is 1. The lowest BCUT2D eigenvalue weighted by Gasteiger charge is -2.34. The molecule has 0 unspecified atom stereocenters. The Balaban J connectivity index is 1.21. The summed E-state index contributed by atoms with van der Waals surface area (Å²) in [7, 11) is 1.83. The van der Waals surface area contributed by atoms with Gasteiger partial charge in [-0.3, -0.25) is 9.89 Å². The lowest BCUT2D eigenvalue weighted by molar-refractivity contribution is 0.0468. The van der Waals surface area contributed by atoms with Gasteiger partial charge in [0.05, 0.1) is 12.7 Å². The molecule has 1 aromatic rings. The van der Waals surface area contributed by atoms with E-state index in [1.807, 2.05) is 25.5 Å². The Kier molecular flexibility index (Phi) is 10.2. The molecule has 2 heterocycles. The molecule has 1 aliphatic carbocycles. The van der Waals surface area contributed by atoms with Crippen LogP contribution in [0.4, 0.5) is 5.95 Å². The molecular formula is C22H39N7O. The molecule has 30 heavy (non-hydrogen) atoms. The van der Waals surface area contributed by atoms with Crippen LogP contribution in [0.5, 0.6) is 0 Å². The van der Waals surface area contributed by atoms with Crippen LogP contribution < -0.4 is 15.5 Å². The van der Waals surface area contributed by atoms with Gasteiger partial charge in [0.1, 0.15) is 0 Å². The van der Waals surface area contributed by atoms with Crippen molar-refractivity contribution in [1.29, 1.82) is 0 Å². The van der Waals surface area contributed by atoms with E-state index in [0.717, 1.165) is 70.7 Å². The van der Waals surface area contributed by atoms with Crippen molar-refractivity contribution in [2.75, 3.05) is 64.4 Å². The molecule has 1 aromatic heterocycles. The first kappa shape index (κ1) is 22.7. The Morgan fingerprint density at radius 2 is 1.73 bits per heavy atom. The van der Waals surface area contributed by atoms with Gasteiger partial charge in [-0.25, -0.2) is 9.97 Å². The summed E-state index contributed by atoms with van der Waals surface area (Å²) < 4.78 is 6.04. The molecule has 2 aliphatic rings. The molecule has 168 valence electrons. The van der Waals surface area contributed by atoms with Gasteiger partial charge in [-0.2, -0.15) is 0 Å². The molecule has 3 rings (SSSR count). The van der Waals surface area contributed by atoms with Crippen molar-refractivity contribution in [3.63, 3.8) is 0 Å². The fourth-order valence-electron chi connectivity index (χ4n) is 4.16. The average molecular weight is 418 g/mol. The number of nitrogens with zero attached hydrogens (tertiary/aromatic N) is 5. The Hall–Kier alpha value is -1.93. The first-order valence-corrected chi connectivity index (χ1v) is 11.7. The first-order valence-electron chi connectivity index (χ1n) is 11.7. The number of guanidine groups is 1. The van der Waals surface area contributed by atoms with Crippen molar-refractivity contribution in [1.82, 2.24) is 25.5 Å². The lowest BCUT2D eigenvalue weighted by Crippen LogP contribution is -2.47. The second-order valence-electron chi connectivity index (χ2n) is 8.14. The molecule has 8 nitrogen and oxygen atoms in total. The van der Waals surface area contributed by atoms with Gasteiger partial charge < -0.3 is 20.3 Å². The van der Waals surface area contributed by atoms with E-state index in [4.69, 9.17) is 4.74 Å². The van der Waals surface area contributed by atoms with Crippen molar-refractivity contribution < 1.29 is 4.74 Å². The second kappa shape index (κ2) is 13.4. The fraction of sp³-hybridized carbons (Fsp3) is 0.773. The van der Waals surface area contributed by atoms with E-state index in [1.165, 1.54) is 38.5 Å². The predicted octanol–water partition coefficient (Wildman–Crippen LogP) is 1.89. The van der Waals surface area contributed by atoms with Gasteiger partial charge in [-0.1, -0.05) is 25.7 Å². The van der Waals surface area contributed by atoms with Gasteiger partial charge in [-0.15, -0.1) is 0 Å². The normalized spacial score (nSPS) is 19.5. The van der Waals surface area contributed by atoms with Crippen LogP contribution in [0.25, 0.3) is 0 Å². The van der Waals surface area contributed by atoms with E-state index in [1.54, 1.807) is 0 Å². The summed E-state index contributed by atoms with van der Waals surface area (Å²) in [5.41, 5.74) is 0. The summed E-state index contributed by atoms with van der Waals surface area (Å²) in [6, 6.07) is 1.86. The van der Waals surface area contributed by atoms with Crippen molar-refractivity contribution >= 4 is 11.9 Å². The van der Waals surface area contributed by atoms with E-state index in [-0.39, 0.29) is 0 Å². The molecule has 2 N–H and O–H groups in total. The van der Waals surface area contributed by atoms with E-state index >= 15 is 0 Å². The van der Waals surface area contributed by atoms with Crippen molar-refractivity contribution in [3.05, 3.63) is 18.5 Å². The summed E-state index contributed by atoms with van der Waals surface area (Å²) in [5, 5.41) is 6.79. The molecule has 0 spiro atoms. The molecule has 1 aliphatic heterocycles. The Labute approximate surface area is 181 Å². The van der Waals surface area contributed by atoms with Gasteiger partial charge in [0.15, 0.2) is 5.96 Å². The third-order valence-electron chi connectivity index (χ3n) is 5.92. The average Bonchev–Trinajstić information content (AvgIpc) is 3.08. The zero-order valence-corrected chi connectivity index (χ0v) is 18.6.